The first-order valence-electron chi connectivity index (χ1n) is 8.14. The van der Waals surface area contributed by atoms with Crippen LogP contribution in [0.1, 0.15) is 32.0 Å². The predicted octanol–water partition coefficient (Wildman–Crippen LogP) is 3.65. The average Bonchev–Trinajstić information content (AvgIpc) is 3.03. The fourth-order valence-electron chi connectivity index (χ4n) is 2.41. The van der Waals surface area contributed by atoms with Crippen LogP contribution in [0.5, 0.6) is 0 Å². The minimum atomic E-state index is 0.0642. The van der Waals surface area contributed by atoms with Gasteiger partial charge in [-0.15, -0.1) is 0 Å². The van der Waals surface area contributed by atoms with Gasteiger partial charge in [-0.25, -0.2) is 4.99 Å². The Labute approximate surface area is 148 Å². The van der Waals surface area contributed by atoms with Crippen LogP contribution in [-0.4, -0.2) is 24.2 Å². The van der Waals surface area contributed by atoms with Gasteiger partial charge in [-0.2, -0.15) is 0 Å². The van der Waals surface area contributed by atoms with Crippen molar-refractivity contribution in [2.75, 3.05) is 13.1 Å². The van der Waals surface area contributed by atoms with Crippen molar-refractivity contribution in [3.05, 3.63) is 52.9 Å². The molecule has 24 heavy (non-hydrogen) atoms. The van der Waals surface area contributed by atoms with Crippen molar-refractivity contribution in [3.8, 4) is 0 Å². The highest BCUT2D eigenvalue weighted by atomic mass is 35.5. The zero-order valence-corrected chi connectivity index (χ0v) is 15.2. The molecule has 0 aliphatic rings. The third-order valence-corrected chi connectivity index (χ3v) is 3.78. The van der Waals surface area contributed by atoms with Gasteiger partial charge in [0.1, 0.15) is 12.0 Å². The summed E-state index contributed by atoms with van der Waals surface area (Å²) < 4.78 is 4.83. The maximum absolute atomic E-state index is 6.07. The lowest BCUT2D eigenvalue weighted by molar-refractivity contribution is 0.359. The van der Waals surface area contributed by atoms with Gasteiger partial charge in [-0.05, 0) is 36.5 Å². The molecule has 0 atom stereocenters. The molecule has 0 aliphatic carbocycles. The van der Waals surface area contributed by atoms with Gasteiger partial charge in [0.05, 0.1) is 6.54 Å². The topological polar surface area (TPSA) is 62.5 Å². The van der Waals surface area contributed by atoms with E-state index in [9.17, 15) is 0 Å². The number of nitrogens with zero attached hydrogens (tertiary/aromatic N) is 2. The number of hydrogen-bond acceptors (Lipinski definition) is 3. The molecule has 0 saturated carbocycles. The van der Waals surface area contributed by atoms with Crippen LogP contribution in [0.4, 0.5) is 0 Å². The Bertz CT molecular complexity index is 653. The molecule has 0 spiro atoms. The minimum Gasteiger partial charge on any atom is -0.364 e. The molecule has 0 saturated heterocycles. The highest BCUT2D eigenvalue weighted by Crippen LogP contribution is 2.22. The van der Waals surface area contributed by atoms with Crippen molar-refractivity contribution < 1.29 is 4.52 Å². The highest BCUT2D eigenvalue weighted by molar-refractivity contribution is 6.30. The van der Waals surface area contributed by atoms with Crippen molar-refractivity contribution in [2.24, 2.45) is 10.4 Å². The lowest BCUT2D eigenvalue weighted by Gasteiger charge is -2.26. The maximum atomic E-state index is 6.07. The van der Waals surface area contributed by atoms with E-state index in [0.717, 1.165) is 36.2 Å². The first-order chi connectivity index (χ1) is 11.5. The van der Waals surface area contributed by atoms with Crippen LogP contribution in [0.2, 0.25) is 5.02 Å². The van der Waals surface area contributed by atoms with Crippen molar-refractivity contribution in [1.82, 2.24) is 15.8 Å². The van der Waals surface area contributed by atoms with Crippen LogP contribution < -0.4 is 10.6 Å². The van der Waals surface area contributed by atoms with Crippen LogP contribution in [-0.2, 0) is 13.0 Å². The van der Waals surface area contributed by atoms with Gasteiger partial charge in [0, 0.05) is 24.2 Å². The number of aliphatic imine (C=N–C) groups is 1. The summed E-state index contributed by atoms with van der Waals surface area (Å²) in [5, 5.41) is 11.3. The first kappa shape index (κ1) is 18.3. The molecular weight excluding hydrogens is 324 g/mol. The second kappa shape index (κ2) is 8.73. The Morgan fingerprint density at radius 3 is 2.79 bits per heavy atom. The number of benzene rings is 1. The molecule has 2 rings (SSSR count). The summed E-state index contributed by atoms with van der Waals surface area (Å²) in [7, 11) is 0. The molecule has 1 aromatic heterocycles. The molecule has 2 N–H and O–H groups in total. The standard InChI is InChI=1S/C18H25ClN4O/c1-4-20-17(21-12-16-8-9-24-23-16)22-13-18(2,3)11-14-6-5-7-15(19)10-14/h5-10H,4,11-13H2,1-3H3,(H2,20,21,22). The number of halogens is 1. The van der Waals surface area contributed by atoms with Gasteiger partial charge in [0.2, 0.25) is 0 Å². The van der Waals surface area contributed by atoms with Crippen molar-refractivity contribution in [2.45, 2.75) is 33.7 Å². The quantitative estimate of drug-likeness (QED) is 0.592. The molecule has 0 bridgehead atoms. The Morgan fingerprint density at radius 1 is 1.29 bits per heavy atom. The number of nitrogens with one attached hydrogen (secondary N) is 2. The molecule has 1 heterocycles. The van der Waals surface area contributed by atoms with E-state index in [0.29, 0.717) is 6.54 Å². The Hall–Kier alpha value is -2.01. The first-order valence-corrected chi connectivity index (χ1v) is 8.52. The van der Waals surface area contributed by atoms with E-state index < -0.39 is 0 Å². The SMILES string of the molecule is CCNC(=NCc1ccon1)NCC(C)(C)Cc1cccc(Cl)c1. The fraction of sp³-hybridized carbons (Fsp3) is 0.444. The van der Waals surface area contributed by atoms with Crippen molar-refractivity contribution in [1.29, 1.82) is 0 Å². The van der Waals surface area contributed by atoms with Crippen LogP contribution in [0.25, 0.3) is 0 Å². The minimum absolute atomic E-state index is 0.0642. The summed E-state index contributed by atoms with van der Waals surface area (Å²) in [6.45, 7) is 8.58. The highest BCUT2D eigenvalue weighted by Gasteiger charge is 2.19. The molecule has 0 aliphatic heterocycles. The second-order valence-electron chi connectivity index (χ2n) is 6.51. The maximum Gasteiger partial charge on any atom is 0.191 e. The molecule has 0 radical (unpaired) electrons. The van der Waals surface area contributed by atoms with E-state index in [1.807, 2.05) is 31.2 Å². The molecule has 0 unspecified atom stereocenters. The third-order valence-electron chi connectivity index (χ3n) is 3.54. The predicted molar refractivity (Wildman–Crippen MR) is 98.3 cm³/mol. The Morgan fingerprint density at radius 2 is 2.12 bits per heavy atom. The van der Waals surface area contributed by atoms with E-state index in [2.05, 4.69) is 40.7 Å². The second-order valence-corrected chi connectivity index (χ2v) is 6.95. The van der Waals surface area contributed by atoms with Crippen LogP contribution in [0.3, 0.4) is 0 Å². The fourth-order valence-corrected chi connectivity index (χ4v) is 2.62. The van der Waals surface area contributed by atoms with E-state index in [-0.39, 0.29) is 5.41 Å². The van der Waals surface area contributed by atoms with E-state index in [4.69, 9.17) is 16.1 Å². The van der Waals surface area contributed by atoms with Crippen molar-refractivity contribution >= 4 is 17.6 Å². The molecule has 5 nitrogen and oxygen atoms in total. The van der Waals surface area contributed by atoms with Gasteiger partial charge < -0.3 is 15.2 Å². The lowest BCUT2D eigenvalue weighted by atomic mass is 9.86. The third kappa shape index (κ3) is 6.24. The molecular formula is C18H25ClN4O. The summed E-state index contributed by atoms with van der Waals surface area (Å²) in [6.07, 6.45) is 2.49. The normalized spacial score (nSPS) is 12.2. The van der Waals surface area contributed by atoms with E-state index >= 15 is 0 Å². The summed E-state index contributed by atoms with van der Waals surface area (Å²) in [5.74, 6) is 0.777. The lowest BCUT2D eigenvalue weighted by Crippen LogP contribution is -2.42. The van der Waals surface area contributed by atoms with Gasteiger partial charge in [0.25, 0.3) is 0 Å². The smallest absolute Gasteiger partial charge is 0.191 e. The number of rotatable bonds is 7. The summed E-state index contributed by atoms with van der Waals surface area (Å²) in [4.78, 5) is 4.53. The monoisotopic (exact) mass is 348 g/mol. The number of hydrogen-bond donors (Lipinski definition) is 2. The summed E-state index contributed by atoms with van der Waals surface area (Å²) >= 11 is 6.07. The van der Waals surface area contributed by atoms with Gasteiger partial charge in [-0.3, -0.25) is 0 Å². The molecule has 0 amide bonds. The summed E-state index contributed by atoms with van der Waals surface area (Å²) in [6, 6.07) is 9.83. The molecule has 0 fully saturated rings. The van der Waals surface area contributed by atoms with Gasteiger partial charge in [0.15, 0.2) is 5.96 Å². The van der Waals surface area contributed by atoms with Gasteiger partial charge in [-0.1, -0.05) is 42.7 Å². The largest absolute Gasteiger partial charge is 0.364 e. The Kier molecular flexibility index (Phi) is 6.67. The van der Waals surface area contributed by atoms with Crippen LogP contribution in [0.15, 0.2) is 46.1 Å². The van der Waals surface area contributed by atoms with E-state index in [1.54, 1.807) is 6.26 Å². The van der Waals surface area contributed by atoms with Crippen LogP contribution in [0, 0.1) is 5.41 Å². The molecule has 130 valence electrons. The van der Waals surface area contributed by atoms with E-state index in [1.165, 1.54) is 5.56 Å². The number of guanidine groups is 1. The van der Waals surface area contributed by atoms with Crippen LogP contribution >= 0.6 is 11.6 Å². The zero-order valence-electron chi connectivity index (χ0n) is 14.5. The van der Waals surface area contributed by atoms with Gasteiger partial charge >= 0.3 is 0 Å². The Balaban J connectivity index is 1.92. The van der Waals surface area contributed by atoms with Crippen molar-refractivity contribution in [3.63, 3.8) is 0 Å². The average molecular weight is 349 g/mol. The molecule has 6 heteroatoms. The zero-order chi connectivity index (χ0) is 17.4. The number of aromatic nitrogens is 1. The summed E-state index contributed by atoms with van der Waals surface area (Å²) in [5.41, 5.74) is 2.11. The molecule has 2 aromatic rings. The molecule has 1 aromatic carbocycles.